The lowest BCUT2D eigenvalue weighted by molar-refractivity contribution is -0.133. The molecule has 0 aliphatic carbocycles. The van der Waals surface area contributed by atoms with Crippen LogP contribution in [0.4, 0.5) is 0 Å². The van der Waals surface area contributed by atoms with E-state index in [-0.39, 0.29) is 0 Å². The van der Waals surface area contributed by atoms with Gasteiger partial charge in [-0.25, -0.2) is 0 Å². The fraction of sp³-hybridized carbons (Fsp3) is 0.923. The highest BCUT2D eigenvalue weighted by Gasteiger charge is 2.19. The van der Waals surface area contributed by atoms with Crippen LogP contribution in [0.5, 0.6) is 0 Å². The van der Waals surface area contributed by atoms with Crippen molar-refractivity contribution in [2.45, 2.75) is 44.9 Å². The van der Waals surface area contributed by atoms with Crippen molar-refractivity contribution in [2.24, 2.45) is 0 Å². The van der Waals surface area contributed by atoms with Crippen LogP contribution >= 0.6 is 0 Å². The largest absolute Gasteiger partial charge is 0.342 e. The number of likely N-dealkylation sites (tertiary alicyclic amines) is 2. The van der Waals surface area contributed by atoms with E-state index in [0.29, 0.717) is 12.5 Å². The maximum atomic E-state index is 12.1. The topological polar surface area (TPSA) is 23.6 Å². The van der Waals surface area contributed by atoms with Crippen LogP contribution in [0.2, 0.25) is 0 Å². The Morgan fingerprint density at radius 2 is 1.25 bits per heavy atom. The molecule has 0 bridgehead atoms. The average Bonchev–Trinajstić information content (AvgIpc) is 2.59. The molecule has 3 nitrogen and oxygen atoms in total. The molecule has 2 fully saturated rings. The highest BCUT2D eigenvalue weighted by molar-refractivity contribution is 5.78. The van der Waals surface area contributed by atoms with Crippen molar-refractivity contribution in [3.05, 3.63) is 0 Å². The number of carbonyl (C=O) groups excluding carboxylic acids is 1. The van der Waals surface area contributed by atoms with Gasteiger partial charge in [-0.2, -0.15) is 0 Å². The molecular weight excluding hydrogens is 200 g/mol. The predicted molar refractivity (Wildman–Crippen MR) is 65.3 cm³/mol. The van der Waals surface area contributed by atoms with Gasteiger partial charge < -0.3 is 4.90 Å². The summed E-state index contributed by atoms with van der Waals surface area (Å²) in [4.78, 5) is 16.5. The highest BCUT2D eigenvalue weighted by atomic mass is 16.2. The lowest BCUT2D eigenvalue weighted by Gasteiger charge is -2.29. The molecule has 0 N–H and O–H groups in total. The average molecular weight is 224 g/mol. The molecule has 0 aromatic heterocycles. The van der Waals surface area contributed by atoms with Crippen molar-refractivity contribution in [3.63, 3.8) is 0 Å². The highest BCUT2D eigenvalue weighted by Crippen LogP contribution is 2.12. The van der Waals surface area contributed by atoms with Crippen molar-refractivity contribution in [1.29, 1.82) is 0 Å². The van der Waals surface area contributed by atoms with Gasteiger partial charge in [0.05, 0.1) is 6.54 Å². The second-order valence-electron chi connectivity index (χ2n) is 5.13. The van der Waals surface area contributed by atoms with Gasteiger partial charge in [-0.1, -0.05) is 12.8 Å². The number of rotatable bonds is 2. The van der Waals surface area contributed by atoms with E-state index in [2.05, 4.69) is 9.80 Å². The Kier molecular flexibility index (Phi) is 4.64. The van der Waals surface area contributed by atoms with E-state index in [4.69, 9.17) is 0 Å². The van der Waals surface area contributed by atoms with E-state index in [1.54, 1.807) is 0 Å². The number of piperidine rings is 1. The van der Waals surface area contributed by atoms with Gasteiger partial charge in [-0.15, -0.1) is 0 Å². The van der Waals surface area contributed by atoms with E-state index in [0.717, 1.165) is 26.2 Å². The molecule has 16 heavy (non-hydrogen) atoms. The van der Waals surface area contributed by atoms with Crippen molar-refractivity contribution >= 4 is 5.91 Å². The summed E-state index contributed by atoms with van der Waals surface area (Å²) in [5.41, 5.74) is 0. The molecule has 0 saturated carbocycles. The molecule has 2 heterocycles. The third-order valence-corrected chi connectivity index (χ3v) is 3.77. The molecule has 0 unspecified atom stereocenters. The second-order valence-corrected chi connectivity index (χ2v) is 5.13. The van der Waals surface area contributed by atoms with Crippen LogP contribution in [0.1, 0.15) is 44.9 Å². The van der Waals surface area contributed by atoms with Gasteiger partial charge in [0.15, 0.2) is 0 Å². The zero-order chi connectivity index (χ0) is 11.2. The fourth-order valence-corrected chi connectivity index (χ4v) is 2.73. The minimum Gasteiger partial charge on any atom is -0.342 e. The molecule has 2 aliphatic rings. The third kappa shape index (κ3) is 3.48. The first-order valence-electron chi connectivity index (χ1n) is 6.86. The molecule has 0 atom stereocenters. The number of hydrogen-bond acceptors (Lipinski definition) is 2. The Bertz CT molecular complexity index is 216. The molecule has 3 heteroatoms. The molecule has 0 aromatic carbocycles. The molecule has 0 spiro atoms. The maximum Gasteiger partial charge on any atom is 0.236 e. The Labute approximate surface area is 98.8 Å². The summed E-state index contributed by atoms with van der Waals surface area (Å²) in [5.74, 6) is 0.363. The number of nitrogens with zero attached hydrogens (tertiary/aromatic N) is 2. The maximum absolute atomic E-state index is 12.1. The van der Waals surface area contributed by atoms with Gasteiger partial charge >= 0.3 is 0 Å². The molecule has 0 radical (unpaired) electrons. The third-order valence-electron chi connectivity index (χ3n) is 3.77. The van der Waals surface area contributed by atoms with Crippen LogP contribution < -0.4 is 0 Å². The van der Waals surface area contributed by atoms with E-state index in [1.807, 2.05) is 0 Å². The molecule has 2 saturated heterocycles. The number of carbonyl (C=O) groups is 1. The Morgan fingerprint density at radius 3 is 1.88 bits per heavy atom. The van der Waals surface area contributed by atoms with Crippen LogP contribution in [-0.2, 0) is 4.79 Å². The summed E-state index contributed by atoms with van der Waals surface area (Å²) in [5, 5.41) is 0. The van der Waals surface area contributed by atoms with Gasteiger partial charge in [-0.05, 0) is 45.2 Å². The van der Waals surface area contributed by atoms with Gasteiger partial charge in [0.1, 0.15) is 0 Å². The summed E-state index contributed by atoms with van der Waals surface area (Å²) in [6.45, 7) is 4.90. The van der Waals surface area contributed by atoms with Crippen LogP contribution in [0, 0.1) is 0 Å². The molecule has 0 aromatic rings. The molecular formula is C13H24N2O. The zero-order valence-electron chi connectivity index (χ0n) is 10.3. The normalized spacial score (nSPS) is 24.1. The molecule has 2 rings (SSSR count). The van der Waals surface area contributed by atoms with Crippen molar-refractivity contribution in [2.75, 3.05) is 32.7 Å². The van der Waals surface area contributed by atoms with Crippen LogP contribution in [0.3, 0.4) is 0 Å². The monoisotopic (exact) mass is 224 g/mol. The first kappa shape index (κ1) is 11.9. The van der Waals surface area contributed by atoms with Gasteiger partial charge in [-0.3, -0.25) is 9.69 Å². The standard InChI is InChI=1S/C13H24N2O/c16-13(15-10-6-3-7-11-15)12-14-8-4-1-2-5-9-14/h1-12H2. The van der Waals surface area contributed by atoms with Crippen LogP contribution in [0.15, 0.2) is 0 Å². The van der Waals surface area contributed by atoms with Gasteiger partial charge in [0.2, 0.25) is 5.91 Å². The minimum atomic E-state index is 0.363. The van der Waals surface area contributed by atoms with E-state index in [9.17, 15) is 4.79 Å². The van der Waals surface area contributed by atoms with Crippen molar-refractivity contribution in [3.8, 4) is 0 Å². The SMILES string of the molecule is O=C(CN1CCCCCC1)N1CCCCC1. The first-order valence-corrected chi connectivity index (χ1v) is 6.86. The minimum absolute atomic E-state index is 0.363. The molecule has 1 amide bonds. The van der Waals surface area contributed by atoms with E-state index < -0.39 is 0 Å². The summed E-state index contributed by atoms with van der Waals surface area (Å²) in [7, 11) is 0. The van der Waals surface area contributed by atoms with Crippen molar-refractivity contribution < 1.29 is 4.79 Å². The number of amides is 1. The van der Waals surface area contributed by atoms with Crippen molar-refractivity contribution in [1.82, 2.24) is 9.80 Å². The molecule has 92 valence electrons. The van der Waals surface area contributed by atoms with Gasteiger partial charge in [0.25, 0.3) is 0 Å². The van der Waals surface area contributed by atoms with Crippen LogP contribution in [0.25, 0.3) is 0 Å². The lowest BCUT2D eigenvalue weighted by atomic mass is 10.1. The zero-order valence-corrected chi connectivity index (χ0v) is 10.3. The van der Waals surface area contributed by atoms with Crippen LogP contribution in [-0.4, -0.2) is 48.4 Å². The summed E-state index contributed by atoms with van der Waals surface area (Å²) in [6.07, 6.45) is 8.92. The number of hydrogen-bond donors (Lipinski definition) is 0. The predicted octanol–water partition coefficient (Wildman–Crippen LogP) is 1.87. The lowest BCUT2D eigenvalue weighted by Crippen LogP contribution is -2.43. The fourth-order valence-electron chi connectivity index (χ4n) is 2.73. The van der Waals surface area contributed by atoms with E-state index >= 15 is 0 Å². The Balaban J connectivity index is 1.76. The summed E-state index contributed by atoms with van der Waals surface area (Å²) in [6, 6.07) is 0. The summed E-state index contributed by atoms with van der Waals surface area (Å²) >= 11 is 0. The molecule has 2 aliphatic heterocycles. The summed E-state index contributed by atoms with van der Waals surface area (Å²) < 4.78 is 0. The quantitative estimate of drug-likeness (QED) is 0.715. The Hall–Kier alpha value is -0.570. The smallest absolute Gasteiger partial charge is 0.236 e. The van der Waals surface area contributed by atoms with Gasteiger partial charge in [0, 0.05) is 13.1 Å². The Morgan fingerprint density at radius 1 is 0.750 bits per heavy atom. The van der Waals surface area contributed by atoms with E-state index in [1.165, 1.54) is 44.9 Å². The first-order chi connectivity index (χ1) is 7.86. The second kappa shape index (κ2) is 6.24.